The van der Waals surface area contributed by atoms with E-state index in [4.69, 9.17) is 4.74 Å². The Morgan fingerprint density at radius 3 is 2.69 bits per heavy atom. The van der Waals surface area contributed by atoms with Crippen LogP contribution in [0.15, 0.2) is 24.3 Å². The number of methoxy groups -OCH3 is 1. The van der Waals surface area contributed by atoms with Gasteiger partial charge in [0, 0.05) is 19.3 Å². The Balaban J connectivity index is 2.50. The summed E-state index contributed by atoms with van der Waals surface area (Å²) in [6.07, 6.45) is 0.250. The molecule has 1 rings (SSSR count). The molecule has 0 aliphatic carbocycles. The fourth-order valence-electron chi connectivity index (χ4n) is 1.11. The minimum absolute atomic E-state index is 0.250. The van der Waals surface area contributed by atoms with Crippen molar-refractivity contribution in [2.24, 2.45) is 0 Å². The zero-order valence-electron chi connectivity index (χ0n) is 8.50. The van der Waals surface area contributed by atoms with Crippen LogP contribution in [0.4, 0.5) is 5.69 Å². The van der Waals surface area contributed by atoms with Crippen molar-refractivity contribution in [2.75, 3.05) is 19.0 Å². The standard InChI is InChI=1S/C11H17NO/c1-9-6-4-5-7-11(9)12-8-10(2)13-3/h4-7,10,12H,8H2,1-3H3. The number of rotatable bonds is 4. The van der Waals surface area contributed by atoms with Gasteiger partial charge in [-0.1, -0.05) is 18.2 Å². The number of ether oxygens (including phenoxy) is 1. The molecule has 1 aromatic rings. The van der Waals surface area contributed by atoms with Crippen molar-refractivity contribution in [3.63, 3.8) is 0 Å². The van der Waals surface area contributed by atoms with Crippen LogP contribution in [0.2, 0.25) is 0 Å². The van der Waals surface area contributed by atoms with E-state index in [1.165, 1.54) is 11.3 Å². The normalized spacial score (nSPS) is 12.5. The molecule has 2 nitrogen and oxygen atoms in total. The van der Waals surface area contributed by atoms with Gasteiger partial charge in [-0.3, -0.25) is 0 Å². The summed E-state index contributed by atoms with van der Waals surface area (Å²) in [5.74, 6) is 0. The van der Waals surface area contributed by atoms with Gasteiger partial charge in [0.05, 0.1) is 6.10 Å². The van der Waals surface area contributed by atoms with Crippen molar-refractivity contribution >= 4 is 5.69 Å². The van der Waals surface area contributed by atoms with Gasteiger partial charge >= 0.3 is 0 Å². The van der Waals surface area contributed by atoms with Crippen LogP contribution < -0.4 is 5.32 Å². The number of anilines is 1. The van der Waals surface area contributed by atoms with Crippen molar-refractivity contribution in [2.45, 2.75) is 20.0 Å². The Labute approximate surface area is 79.9 Å². The smallest absolute Gasteiger partial charge is 0.0715 e. The first kappa shape index (κ1) is 10.1. The van der Waals surface area contributed by atoms with Gasteiger partial charge < -0.3 is 10.1 Å². The van der Waals surface area contributed by atoms with Crippen LogP contribution >= 0.6 is 0 Å². The Bertz CT molecular complexity index is 260. The molecule has 0 saturated carbocycles. The zero-order valence-corrected chi connectivity index (χ0v) is 8.50. The first-order valence-electron chi connectivity index (χ1n) is 4.56. The van der Waals surface area contributed by atoms with Crippen molar-refractivity contribution in [3.05, 3.63) is 29.8 Å². The molecule has 2 heteroatoms. The SMILES string of the molecule is COC(C)CNc1ccccc1C. The molecular weight excluding hydrogens is 162 g/mol. The lowest BCUT2D eigenvalue weighted by atomic mass is 10.2. The van der Waals surface area contributed by atoms with E-state index in [9.17, 15) is 0 Å². The second-order valence-corrected chi connectivity index (χ2v) is 3.24. The van der Waals surface area contributed by atoms with Gasteiger partial charge in [0.25, 0.3) is 0 Å². The van der Waals surface area contributed by atoms with E-state index in [1.807, 2.05) is 19.1 Å². The van der Waals surface area contributed by atoms with Crippen molar-refractivity contribution < 1.29 is 4.74 Å². The van der Waals surface area contributed by atoms with Gasteiger partial charge in [0.1, 0.15) is 0 Å². The van der Waals surface area contributed by atoms with Crippen LogP contribution in [0, 0.1) is 6.92 Å². The Morgan fingerprint density at radius 2 is 2.08 bits per heavy atom. The molecule has 0 saturated heterocycles. The molecule has 0 heterocycles. The molecule has 0 aliphatic rings. The summed E-state index contributed by atoms with van der Waals surface area (Å²) < 4.78 is 5.15. The predicted molar refractivity (Wildman–Crippen MR) is 56.1 cm³/mol. The summed E-state index contributed by atoms with van der Waals surface area (Å²) in [6.45, 7) is 4.99. The molecule has 1 unspecified atom stereocenters. The molecule has 0 bridgehead atoms. The first-order chi connectivity index (χ1) is 6.24. The molecule has 0 radical (unpaired) electrons. The highest BCUT2D eigenvalue weighted by Crippen LogP contribution is 2.12. The van der Waals surface area contributed by atoms with E-state index in [0.29, 0.717) is 0 Å². The highest BCUT2D eigenvalue weighted by Gasteiger charge is 1.99. The van der Waals surface area contributed by atoms with Gasteiger partial charge in [0.15, 0.2) is 0 Å². The lowest BCUT2D eigenvalue weighted by Crippen LogP contribution is -2.18. The molecule has 1 atom stereocenters. The van der Waals surface area contributed by atoms with E-state index in [1.54, 1.807) is 7.11 Å². The maximum absolute atomic E-state index is 5.15. The molecule has 13 heavy (non-hydrogen) atoms. The fourth-order valence-corrected chi connectivity index (χ4v) is 1.11. The number of hydrogen-bond donors (Lipinski definition) is 1. The largest absolute Gasteiger partial charge is 0.382 e. The van der Waals surface area contributed by atoms with Crippen LogP contribution in [0.5, 0.6) is 0 Å². The number of benzene rings is 1. The maximum Gasteiger partial charge on any atom is 0.0715 e. The summed E-state index contributed by atoms with van der Waals surface area (Å²) in [5.41, 5.74) is 2.46. The van der Waals surface area contributed by atoms with Gasteiger partial charge in [-0.2, -0.15) is 0 Å². The molecule has 72 valence electrons. The van der Waals surface area contributed by atoms with Crippen LogP contribution in [0.25, 0.3) is 0 Å². The average molecular weight is 179 g/mol. The van der Waals surface area contributed by atoms with E-state index in [2.05, 4.69) is 24.4 Å². The monoisotopic (exact) mass is 179 g/mol. The summed E-state index contributed by atoms with van der Waals surface area (Å²) in [5, 5.41) is 3.34. The van der Waals surface area contributed by atoms with Gasteiger partial charge in [-0.15, -0.1) is 0 Å². The van der Waals surface area contributed by atoms with Crippen LogP contribution in [0.3, 0.4) is 0 Å². The minimum atomic E-state index is 0.250. The quantitative estimate of drug-likeness (QED) is 0.766. The molecule has 1 aromatic carbocycles. The lowest BCUT2D eigenvalue weighted by Gasteiger charge is -2.13. The summed E-state index contributed by atoms with van der Waals surface area (Å²) in [4.78, 5) is 0. The number of para-hydroxylation sites is 1. The molecule has 0 spiro atoms. The van der Waals surface area contributed by atoms with Gasteiger partial charge in [-0.25, -0.2) is 0 Å². The predicted octanol–water partition coefficient (Wildman–Crippen LogP) is 2.44. The molecule has 0 aliphatic heterocycles. The van der Waals surface area contributed by atoms with E-state index in [0.717, 1.165) is 6.54 Å². The Hall–Kier alpha value is -1.02. The van der Waals surface area contributed by atoms with Crippen molar-refractivity contribution in [1.82, 2.24) is 0 Å². The summed E-state index contributed by atoms with van der Waals surface area (Å²) in [7, 11) is 1.73. The molecule has 0 amide bonds. The second kappa shape index (κ2) is 4.87. The molecule has 0 fully saturated rings. The molecular formula is C11H17NO. The second-order valence-electron chi connectivity index (χ2n) is 3.24. The number of nitrogens with one attached hydrogen (secondary N) is 1. The minimum Gasteiger partial charge on any atom is -0.382 e. The van der Waals surface area contributed by atoms with E-state index < -0.39 is 0 Å². The van der Waals surface area contributed by atoms with E-state index in [-0.39, 0.29) is 6.10 Å². The number of aryl methyl sites for hydroxylation is 1. The topological polar surface area (TPSA) is 21.3 Å². The summed E-state index contributed by atoms with van der Waals surface area (Å²) in [6, 6.07) is 8.25. The Morgan fingerprint density at radius 1 is 1.38 bits per heavy atom. The first-order valence-corrected chi connectivity index (χ1v) is 4.56. The Kier molecular flexibility index (Phi) is 3.77. The van der Waals surface area contributed by atoms with Crippen molar-refractivity contribution in [3.8, 4) is 0 Å². The van der Waals surface area contributed by atoms with Crippen LogP contribution in [-0.4, -0.2) is 19.8 Å². The highest BCUT2D eigenvalue weighted by atomic mass is 16.5. The van der Waals surface area contributed by atoms with Gasteiger partial charge in [-0.05, 0) is 25.5 Å². The fraction of sp³-hybridized carbons (Fsp3) is 0.455. The maximum atomic E-state index is 5.15. The lowest BCUT2D eigenvalue weighted by molar-refractivity contribution is 0.129. The third-order valence-corrected chi connectivity index (χ3v) is 2.13. The molecule has 1 N–H and O–H groups in total. The number of hydrogen-bond acceptors (Lipinski definition) is 2. The van der Waals surface area contributed by atoms with Crippen molar-refractivity contribution in [1.29, 1.82) is 0 Å². The average Bonchev–Trinajstić information content (AvgIpc) is 2.16. The van der Waals surface area contributed by atoms with Crippen LogP contribution in [0.1, 0.15) is 12.5 Å². The van der Waals surface area contributed by atoms with E-state index >= 15 is 0 Å². The molecule has 0 aromatic heterocycles. The summed E-state index contributed by atoms with van der Waals surface area (Å²) >= 11 is 0. The highest BCUT2D eigenvalue weighted by molar-refractivity contribution is 5.50. The van der Waals surface area contributed by atoms with Gasteiger partial charge in [0.2, 0.25) is 0 Å². The zero-order chi connectivity index (χ0) is 9.68. The third kappa shape index (κ3) is 3.07. The van der Waals surface area contributed by atoms with Crippen LogP contribution in [-0.2, 0) is 4.74 Å². The third-order valence-electron chi connectivity index (χ3n) is 2.13.